The number of carbonyl (C=O) groups excluding carboxylic acids is 1. The third-order valence-corrected chi connectivity index (χ3v) is 8.73. The number of nitrogens with one attached hydrogen (secondary N) is 1. The van der Waals surface area contributed by atoms with E-state index in [0.29, 0.717) is 23.6 Å². The molecule has 0 unspecified atom stereocenters. The van der Waals surface area contributed by atoms with Gasteiger partial charge in [-0.15, -0.1) is 11.3 Å². The maximum atomic E-state index is 12.9. The van der Waals surface area contributed by atoms with E-state index in [1.165, 1.54) is 15.6 Å². The van der Waals surface area contributed by atoms with E-state index >= 15 is 0 Å². The maximum absolute atomic E-state index is 12.9. The highest BCUT2D eigenvalue weighted by Gasteiger charge is 2.34. The van der Waals surface area contributed by atoms with Crippen molar-refractivity contribution in [1.82, 2.24) is 9.62 Å². The second-order valence-corrected chi connectivity index (χ2v) is 10.5. The standard InChI is InChI=1S/C22H24N2O3S2/c1-16(19-11-4-8-17-7-2-3-10-20(17)19)23-22(25)18-9-5-13-24(15-18)29(26,27)21-12-6-14-28-21/h2-4,6-8,10-12,14,16,18H,5,9,13,15H2,1H3,(H,23,25)/t16-,18+/m1/s1. The molecular formula is C22H24N2O3S2. The van der Waals surface area contributed by atoms with Crippen molar-refractivity contribution < 1.29 is 13.2 Å². The van der Waals surface area contributed by atoms with Gasteiger partial charge in [0.05, 0.1) is 12.0 Å². The minimum absolute atomic E-state index is 0.0866. The van der Waals surface area contributed by atoms with Crippen LogP contribution >= 0.6 is 11.3 Å². The third kappa shape index (κ3) is 4.08. The Morgan fingerprint density at radius 2 is 1.93 bits per heavy atom. The van der Waals surface area contributed by atoms with Gasteiger partial charge in [-0.2, -0.15) is 4.31 Å². The van der Waals surface area contributed by atoms with E-state index in [-0.39, 0.29) is 24.4 Å². The lowest BCUT2D eigenvalue weighted by Crippen LogP contribution is -2.45. The first-order chi connectivity index (χ1) is 14.0. The number of carbonyl (C=O) groups is 1. The molecule has 29 heavy (non-hydrogen) atoms. The van der Waals surface area contributed by atoms with Crippen LogP contribution in [0.15, 0.2) is 64.2 Å². The summed E-state index contributed by atoms with van der Waals surface area (Å²) in [5, 5.41) is 7.12. The van der Waals surface area contributed by atoms with Crippen LogP contribution in [0.3, 0.4) is 0 Å². The molecular weight excluding hydrogens is 404 g/mol. The Hall–Kier alpha value is -2.22. The summed E-state index contributed by atoms with van der Waals surface area (Å²) in [6.45, 7) is 2.67. The number of hydrogen-bond acceptors (Lipinski definition) is 4. The molecule has 0 radical (unpaired) electrons. The third-order valence-electron chi connectivity index (χ3n) is 5.49. The predicted octanol–water partition coefficient (Wildman–Crippen LogP) is 4.18. The van der Waals surface area contributed by atoms with Crippen molar-refractivity contribution in [3.63, 3.8) is 0 Å². The van der Waals surface area contributed by atoms with Gasteiger partial charge in [-0.3, -0.25) is 4.79 Å². The van der Waals surface area contributed by atoms with Gasteiger partial charge in [0.2, 0.25) is 5.91 Å². The summed E-state index contributed by atoms with van der Waals surface area (Å²) in [6, 6.07) is 17.4. The fourth-order valence-electron chi connectivity index (χ4n) is 3.95. The summed E-state index contributed by atoms with van der Waals surface area (Å²) in [7, 11) is -3.52. The molecule has 2 aromatic carbocycles. The van der Waals surface area contributed by atoms with Gasteiger partial charge < -0.3 is 5.32 Å². The molecule has 2 atom stereocenters. The first-order valence-electron chi connectivity index (χ1n) is 9.78. The molecule has 1 amide bonds. The molecule has 1 aliphatic rings. The van der Waals surface area contributed by atoms with Gasteiger partial charge in [0.15, 0.2) is 0 Å². The highest BCUT2D eigenvalue weighted by Crippen LogP contribution is 2.28. The number of fused-ring (bicyclic) bond motifs is 1. The van der Waals surface area contributed by atoms with Crippen molar-refractivity contribution in [3.8, 4) is 0 Å². The van der Waals surface area contributed by atoms with Crippen LogP contribution in [0.25, 0.3) is 10.8 Å². The number of amides is 1. The molecule has 1 N–H and O–H groups in total. The lowest BCUT2D eigenvalue weighted by molar-refractivity contribution is -0.126. The first-order valence-corrected chi connectivity index (χ1v) is 12.1. The topological polar surface area (TPSA) is 66.5 Å². The van der Waals surface area contributed by atoms with Gasteiger partial charge >= 0.3 is 0 Å². The minimum atomic E-state index is -3.52. The molecule has 1 saturated heterocycles. The Morgan fingerprint density at radius 1 is 1.14 bits per heavy atom. The van der Waals surface area contributed by atoms with Crippen LogP contribution in [0.1, 0.15) is 31.4 Å². The van der Waals surface area contributed by atoms with E-state index in [0.717, 1.165) is 16.3 Å². The number of sulfonamides is 1. The SMILES string of the molecule is C[C@@H](NC(=O)[C@H]1CCCN(S(=O)(=O)c2cccs2)C1)c1cccc2ccccc12. The molecule has 0 saturated carbocycles. The quantitative estimate of drug-likeness (QED) is 0.663. The number of piperidine rings is 1. The van der Waals surface area contributed by atoms with Crippen LogP contribution in [-0.4, -0.2) is 31.7 Å². The summed E-state index contributed by atoms with van der Waals surface area (Å²) >= 11 is 1.21. The molecule has 4 rings (SSSR count). The van der Waals surface area contributed by atoms with Crippen LogP contribution < -0.4 is 5.32 Å². The number of benzene rings is 2. The van der Waals surface area contributed by atoms with E-state index < -0.39 is 10.0 Å². The maximum Gasteiger partial charge on any atom is 0.252 e. The van der Waals surface area contributed by atoms with Crippen molar-refractivity contribution in [3.05, 3.63) is 65.5 Å². The average Bonchev–Trinajstić information content (AvgIpc) is 3.29. The van der Waals surface area contributed by atoms with E-state index in [1.54, 1.807) is 17.5 Å². The Kier molecular flexibility index (Phi) is 5.72. The molecule has 0 bridgehead atoms. The zero-order valence-electron chi connectivity index (χ0n) is 16.2. The van der Waals surface area contributed by atoms with Gasteiger partial charge in [-0.05, 0) is 47.5 Å². The Balaban J connectivity index is 1.48. The number of nitrogens with zero attached hydrogens (tertiary/aromatic N) is 1. The first kappa shape index (κ1) is 20.1. The van der Waals surface area contributed by atoms with E-state index in [1.807, 2.05) is 31.2 Å². The molecule has 1 fully saturated rings. The molecule has 152 valence electrons. The van der Waals surface area contributed by atoms with Crippen LogP contribution in [0, 0.1) is 5.92 Å². The molecule has 2 heterocycles. The van der Waals surface area contributed by atoms with Crippen LogP contribution in [-0.2, 0) is 14.8 Å². The van der Waals surface area contributed by atoms with E-state index in [4.69, 9.17) is 0 Å². The average molecular weight is 429 g/mol. The highest BCUT2D eigenvalue weighted by atomic mass is 32.2. The fourth-order valence-corrected chi connectivity index (χ4v) is 6.62. The second-order valence-electron chi connectivity index (χ2n) is 7.43. The molecule has 0 spiro atoms. The van der Waals surface area contributed by atoms with Crippen molar-refractivity contribution in [2.75, 3.05) is 13.1 Å². The van der Waals surface area contributed by atoms with E-state index in [9.17, 15) is 13.2 Å². The zero-order valence-corrected chi connectivity index (χ0v) is 17.9. The van der Waals surface area contributed by atoms with Crippen LogP contribution in [0.4, 0.5) is 0 Å². The normalized spacial score (nSPS) is 19.1. The van der Waals surface area contributed by atoms with Crippen LogP contribution in [0.5, 0.6) is 0 Å². The number of rotatable bonds is 5. The van der Waals surface area contributed by atoms with Gasteiger partial charge in [0.25, 0.3) is 10.0 Å². The zero-order chi connectivity index (χ0) is 20.4. The van der Waals surface area contributed by atoms with Crippen molar-refractivity contribution in [1.29, 1.82) is 0 Å². The Labute approximate surface area is 175 Å². The Bertz CT molecular complexity index is 1100. The smallest absolute Gasteiger partial charge is 0.252 e. The molecule has 3 aromatic rings. The Morgan fingerprint density at radius 3 is 2.72 bits per heavy atom. The largest absolute Gasteiger partial charge is 0.349 e. The van der Waals surface area contributed by atoms with E-state index in [2.05, 4.69) is 23.5 Å². The van der Waals surface area contributed by atoms with Gasteiger partial charge in [0, 0.05) is 13.1 Å². The molecule has 1 aliphatic heterocycles. The van der Waals surface area contributed by atoms with Crippen molar-refractivity contribution >= 4 is 38.0 Å². The highest BCUT2D eigenvalue weighted by molar-refractivity contribution is 7.91. The predicted molar refractivity (Wildman–Crippen MR) is 116 cm³/mol. The molecule has 0 aliphatic carbocycles. The summed E-state index contributed by atoms with van der Waals surface area (Å²) < 4.78 is 27.4. The monoisotopic (exact) mass is 428 g/mol. The summed E-state index contributed by atoms with van der Waals surface area (Å²) in [4.78, 5) is 12.9. The molecule has 7 heteroatoms. The van der Waals surface area contributed by atoms with Gasteiger partial charge in [-0.1, -0.05) is 48.5 Å². The molecule has 1 aromatic heterocycles. The minimum Gasteiger partial charge on any atom is -0.349 e. The lowest BCUT2D eigenvalue weighted by atomic mass is 9.96. The van der Waals surface area contributed by atoms with Crippen molar-refractivity contribution in [2.24, 2.45) is 5.92 Å². The number of thiophene rings is 1. The fraction of sp³-hybridized carbons (Fsp3) is 0.318. The molecule has 5 nitrogen and oxygen atoms in total. The summed E-state index contributed by atoms with van der Waals surface area (Å²) in [5.41, 5.74) is 1.07. The summed E-state index contributed by atoms with van der Waals surface area (Å²) in [6.07, 6.45) is 1.38. The summed E-state index contributed by atoms with van der Waals surface area (Å²) in [5.74, 6) is -0.424. The van der Waals surface area contributed by atoms with Gasteiger partial charge in [0.1, 0.15) is 4.21 Å². The second kappa shape index (κ2) is 8.26. The van der Waals surface area contributed by atoms with Gasteiger partial charge in [-0.25, -0.2) is 8.42 Å². The number of hydrogen-bond donors (Lipinski definition) is 1. The van der Waals surface area contributed by atoms with Crippen molar-refractivity contribution in [2.45, 2.75) is 30.0 Å². The lowest BCUT2D eigenvalue weighted by Gasteiger charge is -2.31. The van der Waals surface area contributed by atoms with Crippen LogP contribution in [0.2, 0.25) is 0 Å².